The number of aromatic nitrogens is 3. The van der Waals surface area contributed by atoms with Crippen LogP contribution in [0.1, 0.15) is 5.69 Å². The Morgan fingerprint density at radius 1 is 1.22 bits per heavy atom. The van der Waals surface area contributed by atoms with Crippen LogP contribution in [-0.2, 0) is 6.18 Å². The van der Waals surface area contributed by atoms with E-state index in [0.29, 0.717) is 5.56 Å². The van der Waals surface area contributed by atoms with E-state index in [-0.39, 0.29) is 11.6 Å². The summed E-state index contributed by atoms with van der Waals surface area (Å²) in [6.07, 6.45) is -1.69. The first-order chi connectivity index (χ1) is 8.50. The van der Waals surface area contributed by atoms with Gasteiger partial charge in [0.2, 0.25) is 0 Å². The van der Waals surface area contributed by atoms with E-state index < -0.39 is 11.9 Å². The Morgan fingerprint density at radius 2 is 2.00 bits per heavy atom. The number of hydrogen-bond donors (Lipinski definition) is 2. The van der Waals surface area contributed by atoms with Crippen molar-refractivity contribution in [3.63, 3.8) is 0 Å². The number of hydrogen-bond acceptors (Lipinski definition) is 5. The molecule has 3 N–H and O–H groups in total. The molecule has 5 nitrogen and oxygen atoms in total. The molecule has 8 heteroatoms. The van der Waals surface area contributed by atoms with Crippen molar-refractivity contribution in [3.05, 3.63) is 36.3 Å². The second kappa shape index (κ2) is 4.57. The molecule has 94 valence electrons. The molecule has 2 heterocycles. The topological polar surface area (TPSA) is 76.7 Å². The second-order valence-electron chi connectivity index (χ2n) is 3.35. The lowest BCUT2D eigenvalue weighted by Gasteiger charge is -2.09. The van der Waals surface area contributed by atoms with Gasteiger partial charge in [0.05, 0.1) is 0 Å². The molecule has 2 rings (SSSR count). The molecule has 0 unspecified atom stereocenters. The highest BCUT2D eigenvalue weighted by molar-refractivity contribution is 5.56. The highest BCUT2D eigenvalue weighted by Crippen LogP contribution is 2.30. The number of pyridine rings is 1. The maximum Gasteiger partial charge on any atom is 0.433 e. The van der Waals surface area contributed by atoms with Gasteiger partial charge < -0.3 is 5.43 Å². The van der Waals surface area contributed by atoms with E-state index in [1.165, 1.54) is 12.4 Å². The Morgan fingerprint density at radius 3 is 2.56 bits per heavy atom. The fraction of sp³-hybridized carbons (Fsp3) is 0.100. The van der Waals surface area contributed by atoms with Crippen LogP contribution in [0.25, 0.3) is 11.4 Å². The molecule has 0 saturated carbocycles. The van der Waals surface area contributed by atoms with Crippen LogP contribution < -0.4 is 11.3 Å². The fourth-order valence-electron chi connectivity index (χ4n) is 1.29. The van der Waals surface area contributed by atoms with Crippen LogP contribution in [0.15, 0.2) is 30.6 Å². The van der Waals surface area contributed by atoms with Gasteiger partial charge in [0.25, 0.3) is 0 Å². The largest absolute Gasteiger partial charge is 0.433 e. The molecule has 0 aliphatic heterocycles. The van der Waals surface area contributed by atoms with Crippen LogP contribution in [0.4, 0.5) is 19.0 Å². The third kappa shape index (κ3) is 2.54. The molecule has 0 saturated heterocycles. The zero-order valence-electron chi connectivity index (χ0n) is 8.94. The lowest BCUT2D eigenvalue weighted by atomic mass is 10.2. The maximum atomic E-state index is 12.6. The summed E-state index contributed by atoms with van der Waals surface area (Å²) in [5, 5.41) is 0. The number of nitrogens with two attached hydrogens (primary N) is 1. The summed E-state index contributed by atoms with van der Waals surface area (Å²) in [6.45, 7) is 0. The Hall–Kier alpha value is -2.22. The fourth-order valence-corrected chi connectivity index (χ4v) is 1.29. The van der Waals surface area contributed by atoms with E-state index in [4.69, 9.17) is 5.84 Å². The Bertz CT molecular complexity index is 541. The molecule has 2 aromatic heterocycles. The number of nitrogens with zero attached hydrogens (tertiary/aromatic N) is 3. The van der Waals surface area contributed by atoms with Gasteiger partial charge in [0.15, 0.2) is 11.5 Å². The molecule has 0 atom stereocenters. The number of nitrogens with one attached hydrogen (secondary N) is 1. The molecule has 0 aromatic carbocycles. The van der Waals surface area contributed by atoms with E-state index in [9.17, 15) is 13.2 Å². The van der Waals surface area contributed by atoms with Crippen LogP contribution in [0.2, 0.25) is 0 Å². The number of alkyl halides is 3. The zero-order valence-corrected chi connectivity index (χ0v) is 8.94. The summed E-state index contributed by atoms with van der Waals surface area (Å²) in [5.74, 6) is 4.88. The summed E-state index contributed by atoms with van der Waals surface area (Å²) in [5.41, 5.74) is 1.39. The van der Waals surface area contributed by atoms with E-state index in [1.54, 1.807) is 12.1 Å². The summed E-state index contributed by atoms with van der Waals surface area (Å²) >= 11 is 0. The number of hydrazine groups is 1. The average Bonchev–Trinajstić information content (AvgIpc) is 2.38. The molecule has 0 aliphatic rings. The summed E-state index contributed by atoms with van der Waals surface area (Å²) in [7, 11) is 0. The predicted molar refractivity (Wildman–Crippen MR) is 58.1 cm³/mol. The van der Waals surface area contributed by atoms with E-state index in [0.717, 1.165) is 6.07 Å². The van der Waals surface area contributed by atoms with Crippen molar-refractivity contribution in [2.75, 3.05) is 5.43 Å². The van der Waals surface area contributed by atoms with Gasteiger partial charge >= 0.3 is 6.18 Å². The standard InChI is InChI=1S/C10H8F3N5/c11-10(12,13)7-4-8(18-14)17-9(16-7)6-2-1-3-15-5-6/h1-5H,14H2,(H,16,17,18). The van der Waals surface area contributed by atoms with Crippen molar-refractivity contribution in [1.82, 2.24) is 15.0 Å². The van der Waals surface area contributed by atoms with Crippen LogP contribution in [-0.4, -0.2) is 15.0 Å². The first kappa shape index (κ1) is 12.2. The molecule has 18 heavy (non-hydrogen) atoms. The maximum absolute atomic E-state index is 12.6. The van der Waals surface area contributed by atoms with Gasteiger partial charge in [0, 0.05) is 24.0 Å². The number of anilines is 1. The monoisotopic (exact) mass is 255 g/mol. The van der Waals surface area contributed by atoms with Crippen molar-refractivity contribution in [1.29, 1.82) is 0 Å². The van der Waals surface area contributed by atoms with Gasteiger partial charge in [0.1, 0.15) is 5.82 Å². The molecule has 0 aliphatic carbocycles. The van der Waals surface area contributed by atoms with Crippen molar-refractivity contribution >= 4 is 5.82 Å². The van der Waals surface area contributed by atoms with Crippen molar-refractivity contribution < 1.29 is 13.2 Å². The minimum absolute atomic E-state index is 0.0918. The summed E-state index contributed by atoms with van der Waals surface area (Å²) < 4.78 is 37.9. The van der Waals surface area contributed by atoms with Crippen LogP contribution in [0, 0.1) is 0 Å². The van der Waals surface area contributed by atoms with E-state index in [2.05, 4.69) is 20.4 Å². The molecular weight excluding hydrogens is 247 g/mol. The first-order valence-electron chi connectivity index (χ1n) is 4.84. The Labute approximate surface area is 99.9 Å². The second-order valence-corrected chi connectivity index (χ2v) is 3.35. The number of halogens is 3. The van der Waals surface area contributed by atoms with Gasteiger partial charge in [-0.15, -0.1) is 0 Å². The first-order valence-corrected chi connectivity index (χ1v) is 4.84. The highest BCUT2D eigenvalue weighted by atomic mass is 19.4. The lowest BCUT2D eigenvalue weighted by Crippen LogP contribution is -2.14. The molecule has 0 bridgehead atoms. The molecular formula is C10H8F3N5. The lowest BCUT2D eigenvalue weighted by molar-refractivity contribution is -0.141. The zero-order chi connectivity index (χ0) is 13.2. The molecule has 2 aromatic rings. The van der Waals surface area contributed by atoms with Crippen LogP contribution in [0.5, 0.6) is 0 Å². The number of rotatable bonds is 2. The molecule has 0 spiro atoms. The van der Waals surface area contributed by atoms with E-state index in [1.807, 2.05) is 0 Å². The predicted octanol–water partition coefficient (Wildman–Crippen LogP) is 1.84. The Kier molecular flexibility index (Phi) is 3.11. The third-order valence-electron chi connectivity index (χ3n) is 2.08. The summed E-state index contributed by atoms with van der Waals surface area (Å²) in [4.78, 5) is 11.1. The van der Waals surface area contributed by atoms with Crippen molar-refractivity contribution in [3.8, 4) is 11.4 Å². The van der Waals surface area contributed by atoms with Gasteiger partial charge in [-0.25, -0.2) is 15.8 Å². The summed E-state index contributed by atoms with van der Waals surface area (Å²) in [6, 6.07) is 3.87. The van der Waals surface area contributed by atoms with Crippen molar-refractivity contribution in [2.45, 2.75) is 6.18 Å². The van der Waals surface area contributed by atoms with Crippen molar-refractivity contribution in [2.24, 2.45) is 5.84 Å². The normalized spacial score (nSPS) is 11.3. The average molecular weight is 255 g/mol. The molecule has 0 amide bonds. The molecule has 0 radical (unpaired) electrons. The number of nitrogen functional groups attached to an aromatic ring is 1. The van der Waals surface area contributed by atoms with Crippen LogP contribution >= 0.6 is 0 Å². The SMILES string of the molecule is NNc1cc(C(F)(F)F)nc(-c2cccnc2)n1. The smallest absolute Gasteiger partial charge is 0.308 e. The van der Waals surface area contributed by atoms with Gasteiger partial charge in [-0.3, -0.25) is 4.98 Å². The van der Waals surface area contributed by atoms with Gasteiger partial charge in [-0.2, -0.15) is 13.2 Å². The van der Waals surface area contributed by atoms with Crippen LogP contribution in [0.3, 0.4) is 0 Å². The minimum atomic E-state index is -4.56. The molecule has 0 fully saturated rings. The Balaban J connectivity index is 2.55. The van der Waals surface area contributed by atoms with Gasteiger partial charge in [-0.1, -0.05) is 0 Å². The minimum Gasteiger partial charge on any atom is -0.308 e. The van der Waals surface area contributed by atoms with E-state index >= 15 is 0 Å². The third-order valence-corrected chi connectivity index (χ3v) is 2.08. The van der Waals surface area contributed by atoms with Gasteiger partial charge in [-0.05, 0) is 12.1 Å². The quantitative estimate of drug-likeness (QED) is 0.632. The highest BCUT2D eigenvalue weighted by Gasteiger charge is 2.33.